The molecule has 0 aliphatic carbocycles. The van der Waals surface area contributed by atoms with Gasteiger partial charge in [0.2, 0.25) is 5.91 Å². The van der Waals surface area contributed by atoms with Gasteiger partial charge in [-0.05, 0) is 37.3 Å². The van der Waals surface area contributed by atoms with E-state index < -0.39 is 5.82 Å². The third-order valence-corrected chi connectivity index (χ3v) is 5.04. The number of rotatable bonds is 4. The Bertz CT molecular complexity index is 1130. The number of ether oxygens (including phenoxy) is 2. The number of pyridine rings is 1. The fourth-order valence-electron chi connectivity index (χ4n) is 3.40. The zero-order valence-corrected chi connectivity index (χ0v) is 16.0. The number of aromatic amines is 1. The number of aromatic nitrogens is 1. The minimum absolute atomic E-state index is 0.0154. The first-order valence-corrected chi connectivity index (χ1v) is 9.45. The minimum atomic E-state index is -0.448. The van der Waals surface area contributed by atoms with Crippen molar-refractivity contribution in [3.05, 3.63) is 69.8 Å². The predicted molar refractivity (Wildman–Crippen MR) is 108 cm³/mol. The quantitative estimate of drug-likeness (QED) is 0.735. The fraction of sp³-hybridized carbons (Fsp3) is 0.273. The van der Waals surface area contributed by atoms with Gasteiger partial charge in [0.1, 0.15) is 18.2 Å². The lowest BCUT2D eigenvalue weighted by atomic mass is 10.1. The van der Waals surface area contributed by atoms with E-state index in [0.29, 0.717) is 54.1 Å². The van der Waals surface area contributed by atoms with E-state index in [9.17, 15) is 14.0 Å². The summed E-state index contributed by atoms with van der Waals surface area (Å²) in [6.45, 7) is 3.26. The molecule has 1 fully saturated rings. The fourth-order valence-corrected chi connectivity index (χ4v) is 3.40. The summed E-state index contributed by atoms with van der Waals surface area (Å²) in [5.74, 6) is 0.151. The lowest BCUT2D eigenvalue weighted by Crippen LogP contribution is -2.31. The summed E-state index contributed by atoms with van der Waals surface area (Å²) in [5, 5.41) is 0.315. The zero-order valence-electron chi connectivity index (χ0n) is 16.0. The van der Waals surface area contributed by atoms with Gasteiger partial charge in [0.15, 0.2) is 5.43 Å². The Labute approximate surface area is 166 Å². The first-order valence-electron chi connectivity index (χ1n) is 9.45. The molecule has 0 radical (unpaired) electrons. The molecule has 1 aromatic heterocycles. The number of fused-ring (bicyclic) bond motifs is 1. The molecule has 7 heteroatoms. The summed E-state index contributed by atoms with van der Waals surface area (Å²) in [7, 11) is 0. The van der Waals surface area contributed by atoms with Crippen LogP contribution in [0.3, 0.4) is 0 Å². The Morgan fingerprint density at radius 2 is 2.03 bits per heavy atom. The maximum absolute atomic E-state index is 13.4. The molecule has 1 N–H and O–H groups in total. The second kappa shape index (κ2) is 8.05. The summed E-state index contributed by atoms with van der Waals surface area (Å²) >= 11 is 0. The van der Waals surface area contributed by atoms with Crippen molar-refractivity contribution in [1.29, 1.82) is 0 Å². The maximum Gasteiger partial charge on any atom is 0.229 e. The highest BCUT2D eigenvalue weighted by molar-refractivity contribution is 5.93. The molecule has 2 heterocycles. The number of hydrogen-bond acceptors (Lipinski definition) is 4. The van der Waals surface area contributed by atoms with E-state index in [1.54, 1.807) is 30.0 Å². The molecule has 0 spiro atoms. The van der Waals surface area contributed by atoms with Crippen LogP contribution in [0, 0.1) is 12.7 Å². The van der Waals surface area contributed by atoms with Crippen LogP contribution < -0.4 is 15.1 Å². The molecule has 0 bridgehead atoms. The SMILES string of the molecule is Cc1c(COc2cccc(N3CCOCCC3=O)c2)[nH]c2ccc(F)cc2c1=O. The van der Waals surface area contributed by atoms with Crippen molar-refractivity contribution in [1.82, 2.24) is 4.98 Å². The molecule has 1 aliphatic rings. The molecule has 6 nitrogen and oxygen atoms in total. The van der Waals surface area contributed by atoms with Crippen LogP contribution in [-0.2, 0) is 16.1 Å². The van der Waals surface area contributed by atoms with Gasteiger partial charge in [0, 0.05) is 34.8 Å². The maximum atomic E-state index is 13.4. The largest absolute Gasteiger partial charge is 0.487 e. The molecule has 0 saturated carbocycles. The molecule has 0 atom stereocenters. The standard InChI is InChI=1S/C22H21FN2O4/c1-14-20(24-19-6-5-15(23)11-18(19)22(14)27)13-29-17-4-2-3-16(12-17)25-8-10-28-9-7-21(25)26/h2-6,11-12H,7-10,13H2,1H3,(H,24,27). The van der Waals surface area contributed by atoms with Gasteiger partial charge in [-0.15, -0.1) is 0 Å². The lowest BCUT2D eigenvalue weighted by molar-refractivity contribution is -0.118. The van der Waals surface area contributed by atoms with Crippen molar-refractivity contribution in [3.8, 4) is 5.75 Å². The highest BCUT2D eigenvalue weighted by Crippen LogP contribution is 2.24. The van der Waals surface area contributed by atoms with E-state index in [0.717, 1.165) is 5.69 Å². The van der Waals surface area contributed by atoms with E-state index in [1.165, 1.54) is 12.1 Å². The number of nitrogens with one attached hydrogen (secondary N) is 1. The van der Waals surface area contributed by atoms with Gasteiger partial charge in [-0.25, -0.2) is 4.39 Å². The highest BCUT2D eigenvalue weighted by atomic mass is 19.1. The predicted octanol–water partition coefficient (Wildman–Crippen LogP) is 3.31. The Morgan fingerprint density at radius 1 is 1.17 bits per heavy atom. The van der Waals surface area contributed by atoms with E-state index in [-0.39, 0.29) is 17.9 Å². The van der Waals surface area contributed by atoms with Crippen LogP contribution in [0.15, 0.2) is 47.3 Å². The summed E-state index contributed by atoms with van der Waals surface area (Å²) < 4.78 is 24.7. The molecular weight excluding hydrogens is 375 g/mol. The van der Waals surface area contributed by atoms with Gasteiger partial charge < -0.3 is 19.4 Å². The lowest BCUT2D eigenvalue weighted by Gasteiger charge is -2.20. The number of carbonyl (C=O) groups excluding carboxylic acids is 1. The Kier molecular flexibility index (Phi) is 5.31. The first kappa shape index (κ1) is 19.1. The van der Waals surface area contributed by atoms with E-state index in [4.69, 9.17) is 9.47 Å². The normalized spacial score (nSPS) is 14.8. The van der Waals surface area contributed by atoms with Crippen molar-refractivity contribution < 1.29 is 18.7 Å². The Balaban J connectivity index is 1.57. The van der Waals surface area contributed by atoms with Crippen LogP contribution in [-0.4, -0.2) is 30.6 Å². The second-order valence-electron chi connectivity index (χ2n) is 6.94. The van der Waals surface area contributed by atoms with Gasteiger partial charge in [0.05, 0.1) is 25.3 Å². The first-order chi connectivity index (χ1) is 14.0. The van der Waals surface area contributed by atoms with Crippen molar-refractivity contribution in [2.24, 2.45) is 0 Å². The molecule has 1 saturated heterocycles. The third kappa shape index (κ3) is 4.00. The number of hydrogen-bond donors (Lipinski definition) is 1. The zero-order chi connectivity index (χ0) is 20.4. The number of amides is 1. The molecule has 1 aliphatic heterocycles. The summed E-state index contributed by atoms with van der Waals surface area (Å²) in [4.78, 5) is 29.7. The molecule has 4 rings (SSSR count). The number of H-pyrrole nitrogens is 1. The van der Waals surface area contributed by atoms with Crippen molar-refractivity contribution >= 4 is 22.5 Å². The number of halogens is 1. The Morgan fingerprint density at radius 3 is 2.90 bits per heavy atom. The van der Waals surface area contributed by atoms with E-state index in [1.807, 2.05) is 12.1 Å². The van der Waals surface area contributed by atoms with E-state index in [2.05, 4.69) is 4.98 Å². The molecule has 0 unspecified atom stereocenters. The van der Waals surface area contributed by atoms with Crippen molar-refractivity contribution in [2.75, 3.05) is 24.7 Å². The smallest absolute Gasteiger partial charge is 0.229 e. The number of benzene rings is 2. The van der Waals surface area contributed by atoms with Crippen molar-refractivity contribution in [2.45, 2.75) is 20.0 Å². The highest BCUT2D eigenvalue weighted by Gasteiger charge is 2.19. The molecular formula is C22H21FN2O4. The molecule has 3 aromatic rings. The van der Waals surface area contributed by atoms with Gasteiger partial charge in [0.25, 0.3) is 0 Å². The number of nitrogens with zero attached hydrogens (tertiary/aromatic N) is 1. The minimum Gasteiger partial charge on any atom is -0.487 e. The average molecular weight is 396 g/mol. The molecule has 2 aromatic carbocycles. The summed E-state index contributed by atoms with van der Waals surface area (Å²) in [6, 6.07) is 11.4. The average Bonchev–Trinajstić information content (AvgIpc) is 2.94. The topological polar surface area (TPSA) is 71.6 Å². The van der Waals surface area contributed by atoms with Crippen molar-refractivity contribution in [3.63, 3.8) is 0 Å². The van der Waals surface area contributed by atoms with Crippen LogP contribution in [0.2, 0.25) is 0 Å². The van der Waals surface area contributed by atoms with Gasteiger partial charge >= 0.3 is 0 Å². The molecule has 29 heavy (non-hydrogen) atoms. The number of anilines is 1. The van der Waals surface area contributed by atoms with Crippen LogP contribution in [0.4, 0.5) is 10.1 Å². The van der Waals surface area contributed by atoms with E-state index >= 15 is 0 Å². The van der Waals surface area contributed by atoms with Crippen LogP contribution in [0.5, 0.6) is 5.75 Å². The number of carbonyl (C=O) groups is 1. The van der Waals surface area contributed by atoms with Crippen LogP contribution in [0.1, 0.15) is 17.7 Å². The second-order valence-corrected chi connectivity index (χ2v) is 6.94. The third-order valence-electron chi connectivity index (χ3n) is 5.04. The van der Waals surface area contributed by atoms with Crippen LogP contribution in [0.25, 0.3) is 10.9 Å². The monoisotopic (exact) mass is 396 g/mol. The molecule has 1 amide bonds. The van der Waals surface area contributed by atoms with Crippen LogP contribution >= 0.6 is 0 Å². The Hall–Kier alpha value is -3.19. The molecule has 150 valence electrons. The summed E-state index contributed by atoms with van der Waals surface area (Å²) in [6.07, 6.45) is 0.350. The van der Waals surface area contributed by atoms with Gasteiger partial charge in [-0.1, -0.05) is 6.07 Å². The summed E-state index contributed by atoms with van der Waals surface area (Å²) in [5.41, 5.74) is 2.19. The van der Waals surface area contributed by atoms with Gasteiger partial charge in [-0.3, -0.25) is 9.59 Å². The van der Waals surface area contributed by atoms with Gasteiger partial charge in [-0.2, -0.15) is 0 Å².